The zero-order valence-electron chi connectivity index (χ0n) is 16.1. The molecule has 0 bridgehead atoms. The number of halogens is 2. The number of nitrogens with one attached hydrogen (secondary N) is 2. The van der Waals surface area contributed by atoms with Crippen LogP contribution in [0.1, 0.15) is 36.5 Å². The van der Waals surface area contributed by atoms with E-state index in [0.29, 0.717) is 25.1 Å². The van der Waals surface area contributed by atoms with E-state index in [1.54, 1.807) is 12.1 Å². The fourth-order valence-corrected chi connectivity index (χ4v) is 3.60. The second kappa shape index (κ2) is 13.0. The average molecular weight is 566 g/mol. The van der Waals surface area contributed by atoms with Gasteiger partial charge in [0, 0.05) is 42.6 Å². The molecule has 1 aliphatic rings. The molecule has 0 aliphatic carbocycles. The Morgan fingerprint density at radius 3 is 2.82 bits per heavy atom. The molecule has 156 valence electrons. The number of nitrogens with zero attached hydrogens (tertiary/aromatic N) is 2. The standard InChI is InChI=1S/C19H28BrN5O2.HI/c1-2-22-19(25-10-4-5-14(13-25)11-17(21)26)24-9-8-23-18(27)15-6-3-7-16(20)12-15;/h3,6-7,12,14H,2,4-5,8-11,13H2,1H3,(H2,21,26)(H,22,24)(H,23,27);1H. The van der Waals surface area contributed by atoms with Crippen molar-refractivity contribution >= 4 is 57.7 Å². The lowest BCUT2D eigenvalue weighted by molar-refractivity contribution is -0.119. The summed E-state index contributed by atoms with van der Waals surface area (Å²) in [5.41, 5.74) is 5.96. The lowest BCUT2D eigenvalue weighted by Gasteiger charge is -2.34. The molecule has 1 saturated heterocycles. The van der Waals surface area contributed by atoms with Crippen LogP contribution in [0, 0.1) is 5.92 Å². The number of nitrogens with two attached hydrogens (primary N) is 1. The lowest BCUT2D eigenvalue weighted by Crippen LogP contribution is -2.47. The smallest absolute Gasteiger partial charge is 0.251 e. The minimum atomic E-state index is -0.251. The molecule has 1 unspecified atom stereocenters. The molecule has 1 fully saturated rings. The van der Waals surface area contributed by atoms with Gasteiger partial charge in [0.1, 0.15) is 0 Å². The Labute approximate surface area is 192 Å². The lowest BCUT2D eigenvalue weighted by atomic mass is 9.95. The van der Waals surface area contributed by atoms with E-state index in [4.69, 9.17) is 5.73 Å². The van der Waals surface area contributed by atoms with Crippen molar-refractivity contribution in [3.63, 3.8) is 0 Å². The van der Waals surface area contributed by atoms with E-state index in [9.17, 15) is 9.59 Å². The maximum absolute atomic E-state index is 12.2. The average Bonchev–Trinajstić information content (AvgIpc) is 2.63. The van der Waals surface area contributed by atoms with Crippen LogP contribution in [-0.4, -0.2) is 55.4 Å². The fraction of sp³-hybridized carbons (Fsp3) is 0.526. The van der Waals surface area contributed by atoms with E-state index < -0.39 is 0 Å². The van der Waals surface area contributed by atoms with Crippen molar-refractivity contribution in [2.45, 2.75) is 26.2 Å². The third kappa shape index (κ3) is 8.34. The normalized spacial score (nSPS) is 16.9. The van der Waals surface area contributed by atoms with E-state index in [-0.39, 0.29) is 41.7 Å². The van der Waals surface area contributed by atoms with Crippen molar-refractivity contribution in [3.8, 4) is 0 Å². The first kappa shape index (κ1) is 24.7. The number of carbonyl (C=O) groups is 2. The summed E-state index contributed by atoms with van der Waals surface area (Å²) in [5.74, 6) is 0.731. The molecule has 1 aliphatic heterocycles. The fourth-order valence-electron chi connectivity index (χ4n) is 3.20. The molecule has 0 radical (unpaired) electrons. The van der Waals surface area contributed by atoms with Crippen molar-refractivity contribution in [1.82, 2.24) is 15.5 Å². The number of rotatable bonds is 7. The van der Waals surface area contributed by atoms with Crippen LogP contribution in [0.15, 0.2) is 33.7 Å². The van der Waals surface area contributed by atoms with Gasteiger partial charge in [0.25, 0.3) is 5.91 Å². The predicted octanol–water partition coefficient (Wildman–Crippen LogP) is 2.35. The molecule has 1 heterocycles. The third-order valence-corrected chi connectivity index (χ3v) is 4.88. The highest BCUT2D eigenvalue weighted by Crippen LogP contribution is 2.19. The van der Waals surface area contributed by atoms with Gasteiger partial charge >= 0.3 is 0 Å². The predicted molar refractivity (Wildman–Crippen MR) is 126 cm³/mol. The molecular weight excluding hydrogens is 537 g/mol. The first-order valence-electron chi connectivity index (χ1n) is 9.35. The largest absolute Gasteiger partial charge is 0.370 e. The number of likely N-dealkylation sites (tertiary alicyclic amines) is 1. The van der Waals surface area contributed by atoms with Crippen molar-refractivity contribution in [2.24, 2.45) is 16.6 Å². The highest BCUT2D eigenvalue weighted by Gasteiger charge is 2.23. The summed E-state index contributed by atoms with van der Waals surface area (Å²) in [6.07, 6.45) is 2.45. The van der Waals surface area contributed by atoms with E-state index in [1.165, 1.54) is 0 Å². The van der Waals surface area contributed by atoms with Gasteiger partial charge in [-0.2, -0.15) is 0 Å². The Hall–Kier alpha value is -1.36. The minimum absolute atomic E-state index is 0. The van der Waals surface area contributed by atoms with Gasteiger partial charge in [-0.3, -0.25) is 14.6 Å². The summed E-state index contributed by atoms with van der Waals surface area (Å²) < 4.78 is 0.873. The van der Waals surface area contributed by atoms with Crippen LogP contribution in [0.2, 0.25) is 0 Å². The van der Waals surface area contributed by atoms with Crippen LogP contribution in [0.25, 0.3) is 0 Å². The molecule has 1 aromatic carbocycles. The number of guanidine groups is 1. The Balaban J connectivity index is 0.00000392. The number of primary amides is 1. The molecule has 2 rings (SSSR count). The van der Waals surface area contributed by atoms with E-state index >= 15 is 0 Å². The van der Waals surface area contributed by atoms with Gasteiger partial charge in [0.05, 0.1) is 6.54 Å². The van der Waals surface area contributed by atoms with Crippen LogP contribution < -0.4 is 16.4 Å². The van der Waals surface area contributed by atoms with E-state index in [2.05, 4.69) is 36.5 Å². The Morgan fingerprint density at radius 1 is 1.36 bits per heavy atom. The maximum atomic E-state index is 12.2. The summed E-state index contributed by atoms with van der Waals surface area (Å²) in [4.78, 5) is 30.2. The SMILES string of the molecule is CCNC(=NCCNC(=O)c1cccc(Br)c1)N1CCCC(CC(N)=O)C1.I. The van der Waals surface area contributed by atoms with Gasteiger partial charge in [0.2, 0.25) is 5.91 Å². The van der Waals surface area contributed by atoms with Crippen molar-refractivity contribution in [1.29, 1.82) is 0 Å². The van der Waals surface area contributed by atoms with E-state index in [1.807, 2.05) is 19.1 Å². The van der Waals surface area contributed by atoms with Crippen molar-refractivity contribution < 1.29 is 9.59 Å². The molecule has 1 atom stereocenters. The quantitative estimate of drug-likeness (QED) is 0.204. The number of hydrogen-bond acceptors (Lipinski definition) is 3. The van der Waals surface area contributed by atoms with Crippen LogP contribution in [0.5, 0.6) is 0 Å². The Morgan fingerprint density at radius 2 is 2.14 bits per heavy atom. The highest BCUT2D eigenvalue weighted by molar-refractivity contribution is 14.0. The summed E-state index contributed by atoms with van der Waals surface area (Å²) in [6.45, 7) is 5.41. The zero-order valence-corrected chi connectivity index (χ0v) is 20.0. The number of hydrogen-bond donors (Lipinski definition) is 3. The topological polar surface area (TPSA) is 99.8 Å². The molecule has 7 nitrogen and oxygen atoms in total. The van der Waals surface area contributed by atoms with Gasteiger partial charge in [-0.15, -0.1) is 24.0 Å². The first-order chi connectivity index (χ1) is 13.0. The number of benzene rings is 1. The number of carbonyl (C=O) groups excluding carboxylic acids is 2. The maximum Gasteiger partial charge on any atom is 0.251 e. The highest BCUT2D eigenvalue weighted by atomic mass is 127. The number of piperidine rings is 1. The first-order valence-corrected chi connectivity index (χ1v) is 10.1. The Bertz CT molecular complexity index is 686. The third-order valence-electron chi connectivity index (χ3n) is 4.39. The monoisotopic (exact) mass is 565 g/mol. The van der Waals surface area contributed by atoms with Crippen LogP contribution in [0.4, 0.5) is 0 Å². The van der Waals surface area contributed by atoms with Gasteiger partial charge in [0.15, 0.2) is 5.96 Å². The summed E-state index contributed by atoms with van der Waals surface area (Å²) in [5, 5.41) is 6.18. The molecule has 0 saturated carbocycles. The van der Waals surface area contributed by atoms with Gasteiger partial charge in [-0.25, -0.2) is 0 Å². The molecule has 1 aromatic rings. The van der Waals surface area contributed by atoms with Crippen LogP contribution >= 0.6 is 39.9 Å². The van der Waals surface area contributed by atoms with Crippen molar-refractivity contribution in [2.75, 3.05) is 32.7 Å². The summed E-state index contributed by atoms with van der Waals surface area (Å²) >= 11 is 3.37. The zero-order chi connectivity index (χ0) is 19.6. The van der Waals surface area contributed by atoms with Gasteiger partial charge < -0.3 is 21.3 Å². The Kier molecular flexibility index (Phi) is 11.4. The van der Waals surface area contributed by atoms with Crippen LogP contribution in [-0.2, 0) is 4.79 Å². The molecule has 0 spiro atoms. The molecule has 4 N–H and O–H groups in total. The van der Waals surface area contributed by atoms with Gasteiger partial charge in [-0.1, -0.05) is 22.0 Å². The molecular formula is C19H29BrIN5O2. The molecule has 9 heteroatoms. The minimum Gasteiger partial charge on any atom is -0.370 e. The van der Waals surface area contributed by atoms with Crippen molar-refractivity contribution in [3.05, 3.63) is 34.3 Å². The number of aliphatic imine (C=N–C) groups is 1. The second-order valence-electron chi connectivity index (χ2n) is 6.63. The van der Waals surface area contributed by atoms with E-state index in [0.717, 1.165) is 42.9 Å². The van der Waals surface area contributed by atoms with Crippen LogP contribution in [0.3, 0.4) is 0 Å². The summed E-state index contributed by atoms with van der Waals surface area (Å²) in [7, 11) is 0. The van der Waals surface area contributed by atoms with Gasteiger partial charge in [-0.05, 0) is 43.9 Å². The molecule has 28 heavy (non-hydrogen) atoms. The number of amides is 2. The summed E-state index contributed by atoms with van der Waals surface area (Å²) in [6, 6.07) is 7.28. The second-order valence-corrected chi connectivity index (χ2v) is 7.54. The molecule has 2 amide bonds. The molecule has 0 aromatic heterocycles.